The van der Waals surface area contributed by atoms with Gasteiger partial charge in [0.2, 0.25) is 11.8 Å². The lowest BCUT2D eigenvalue weighted by molar-refractivity contribution is -0.135. The minimum absolute atomic E-state index is 0.00812. The smallest absolute Gasteiger partial charge is 0.245 e. The fourth-order valence-corrected chi connectivity index (χ4v) is 2.71. The zero-order chi connectivity index (χ0) is 14.7. The molecule has 20 heavy (non-hydrogen) atoms. The van der Waals surface area contributed by atoms with Gasteiger partial charge in [-0.3, -0.25) is 9.59 Å². The number of hydrogen-bond acceptors (Lipinski definition) is 2. The van der Waals surface area contributed by atoms with E-state index in [0.29, 0.717) is 19.4 Å². The minimum atomic E-state index is -0.400. The minimum Gasteiger partial charge on any atom is -0.344 e. The number of nitrogens with zero attached hydrogens (tertiary/aromatic N) is 1. The molecular formula is C15H19BrN2O2. The second-order valence-electron chi connectivity index (χ2n) is 5.04. The molecule has 0 spiro atoms. The van der Waals surface area contributed by atoms with E-state index in [9.17, 15) is 9.59 Å². The van der Waals surface area contributed by atoms with Crippen molar-refractivity contribution < 1.29 is 9.59 Å². The SMILES string of the molecule is CCC1NC(=O)CCN(C(C)c2ccc(Br)cc2)C1=O. The quantitative estimate of drug-likeness (QED) is 0.920. The number of halogens is 1. The maximum Gasteiger partial charge on any atom is 0.245 e. The first-order chi connectivity index (χ1) is 9.52. The van der Waals surface area contributed by atoms with Gasteiger partial charge < -0.3 is 10.2 Å². The zero-order valence-corrected chi connectivity index (χ0v) is 13.3. The first-order valence-corrected chi connectivity index (χ1v) is 7.67. The fraction of sp³-hybridized carbons (Fsp3) is 0.467. The molecule has 5 heteroatoms. The molecule has 1 saturated heterocycles. The lowest BCUT2D eigenvalue weighted by atomic mass is 10.1. The van der Waals surface area contributed by atoms with Crippen LogP contribution in [0, 0.1) is 0 Å². The first kappa shape index (κ1) is 15.0. The van der Waals surface area contributed by atoms with Gasteiger partial charge in [0.1, 0.15) is 6.04 Å². The summed E-state index contributed by atoms with van der Waals surface area (Å²) in [4.78, 5) is 26.0. The summed E-state index contributed by atoms with van der Waals surface area (Å²) >= 11 is 3.41. The predicted octanol–water partition coefficient (Wildman–Crippen LogP) is 2.64. The van der Waals surface area contributed by atoms with Crippen molar-refractivity contribution in [1.29, 1.82) is 0 Å². The average Bonchev–Trinajstić information content (AvgIpc) is 2.58. The number of carbonyl (C=O) groups excluding carboxylic acids is 2. The van der Waals surface area contributed by atoms with E-state index in [0.717, 1.165) is 10.0 Å². The van der Waals surface area contributed by atoms with Gasteiger partial charge in [0.15, 0.2) is 0 Å². The highest BCUT2D eigenvalue weighted by atomic mass is 79.9. The third-order valence-electron chi connectivity index (χ3n) is 3.72. The van der Waals surface area contributed by atoms with Crippen LogP contribution in [-0.2, 0) is 9.59 Å². The van der Waals surface area contributed by atoms with Crippen LogP contribution in [-0.4, -0.2) is 29.3 Å². The number of nitrogens with one attached hydrogen (secondary N) is 1. The number of benzene rings is 1. The van der Waals surface area contributed by atoms with Crippen LogP contribution in [0.5, 0.6) is 0 Å². The molecule has 1 aromatic carbocycles. The standard InChI is InChI=1S/C15H19BrN2O2/c1-3-13-15(20)18(9-8-14(19)17-13)10(2)11-4-6-12(16)7-5-11/h4-7,10,13H,3,8-9H2,1-2H3,(H,17,19). The van der Waals surface area contributed by atoms with E-state index in [-0.39, 0.29) is 17.9 Å². The summed E-state index contributed by atoms with van der Waals surface area (Å²) in [6.45, 7) is 4.39. The van der Waals surface area contributed by atoms with Gasteiger partial charge in [-0.15, -0.1) is 0 Å². The molecule has 1 aromatic rings. The fourth-order valence-electron chi connectivity index (χ4n) is 2.44. The summed E-state index contributed by atoms with van der Waals surface area (Å²) in [6, 6.07) is 7.51. The third-order valence-corrected chi connectivity index (χ3v) is 4.25. The van der Waals surface area contributed by atoms with Crippen molar-refractivity contribution in [2.45, 2.75) is 38.8 Å². The zero-order valence-electron chi connectivity index (χ0n) is 11.7. The number of amides is 2. The number of rotatable bonds is 3. The van der Waals surface area contributed by atoms with Crippen LogP contribution in [0.3, 0.4) is 0 Å². The van der Waals surface area contributed by atoms with Gasteiger partial charge >= 0.3 is 0 Å². The van der Waals surface area contributed by atoms with Gasteiger partial charge in [0, 0.05) is 17.4 Å². The van der Waals surface area contributed by atoms with Crippen LogP contribution in [0.1, 0.15) is 38.3 Å². The van der Waals surface area contributed by atoms with Crippen molar-refractivity contribution in [1.82, 2.24) is 10.2 Å². The molecule has 0 saturated carbocycles. The first-order valence-electron chi connectivity index (χ1n) is 6.88. The molecule has 1 N–H and O–H groups in total. The number of carbonyl (C=O) groups is 2. The van der Waals surface area contributed by atoms with Crippen LogP contribution >= 0.6 is 15.9 Å². The van der Waals surface area contributed by atoms with Crippen LogP contribution in [0.25, 0.3) is 0 Å². The second kappa shape index (κ2) is 6.39. The highest BCUT2D eigenvalue weighted by Gasteiger charge is 2.31. The summed E-state index contributed by atoms with van der Waals surface area (Å²) in [5, 5.41) is 2.79. The predicted molar refractivity (Wildman–Crippen MR) is 81.1 cm³/mol. The van der Waals surface area contributed by atoms with Crippen molar-refractivity contribution in [3.63, 3.8) is 0 Å². The van der Waals surface area contributed by atoms with Gasteiger partial charge in [-0.05, 0) is 31.0 Å². The second-order valence-corrected chi connectivity index (χ2v) is 5.95. The summed E-state index contributed by atoms with van der Waals surface area (Å²) in [7, 11) is 0. The van der Waals surface area contributed by atoms with Crippen LogP contribution in [0.15, 0.2) is 28.7 Å². The molecule has 1 fully saturated rings. The van der Waals surface area contributed by atoms with Gasteiger partial charge in [0.05, 0.1) is 6.04 Å². The van der Waals surface area contributed by atoms with Gasteiger partial charge in [0.25, 0.3) is 0 Å². The van der Waals surface area contributed by atoms with E-state index in [2.05, 4.69) is 21.2 Å². The van der Waals surface area contributed by atoms with Crippen molar-refractivity contribution in [2.75, 3.05) is 6.54 Å². The van der Waals surface area contributed by atoms with E-state index in [1.165, 1.54) is 0 Å². The molecule has 2 atom stereocenters. The highest BCUT2D eigenvalue weighted by Crippen LogP contribution is 2.24. The summed E-state index contributed by atoms with van der Waals surface area (Å²) in [5.41, 5.74) is 1.07. The lowest BCUT2D eigenvalue weighted by Gasteiger charge is -2.30. The molecule has 0 aliphatic carbocycles. The monoisotopic (exact) mass is 338 g/mol. The Morgan fingerprint density at radius 3 is 2.60 bits per heavy atom. The van der Waals surface area contributed by atoms with Crippen LogP contribution in [0.2, 0.25) is 0 Å². The Kier molecular flexibility index (Phi) is 4.81. The van der Waals surface area contributed by atoms with Crippen LogP contribution in [0.4, 0.5) is 0 Å². The maximum absolute atomic E-state index is 12.5. The Balaban J connectivity index is 2.22. The van der Waals surface area contributed by atoms with E-state index in [4.69, 9.17) is 0 Å². The largest absolute Gasteiger partial charge is 0.344 e. The Labute approximate surface area is 127 Å². The van der Waals surface area contributed by atoms with E-state index < -0.39 is 6.04 Å². The van der Waals surface area contributed by atoms with E-state index in [1.807, 2.05) is 38.1 Å². The normalized spacial score (nSPS) is 21.4. The van der Waals surface area contributed by atoms with Crippen molar-refractivity contribution in [3.8, 4) is 0 Å². The molecule has 1 heterocycles. The van der Waals surface area contributed by atoms with Gasteiger partial charge in [-0.25, -0.2) is 0 Å². The van der Waals surface area contributed by atoms with E-state index >= 15 is 0 Å². The topological polar surface area (TPSA) is 49.4 Å². The van der Waals surface area contributed by atoms with E-state index in [1.54, 1.807) is 4.90 Å². The highest BCUT2D eigenvalue weighted by molar-refractivity contribution is 9.10. The molecule has 4 nitrogen and oxygen atoms in total. The third kappa shape index (κ3) is 3.20. The average molecular weight is 339 g/mol. The van der Waals surface area contributed by atoms with Crippen LogP contribution < -0.4 is 5.32 Å². The molecule has 108 valence electrons. The molecule has 1 aliphatic rings. The molecule has 0 aromatic heterocycles. The molecule has 2 unspecified atom stereocenters. The summed E-state index contributed by atoms with van der Waals surface area (Å²) in [5.74, 6) is -0.0375. The molecular weight excluding hydrogens is 320 g/mol. The Bertz CT molecular complexity index is 501. The van der Waals surface area contributed by atoms with Gasteiger partial charge in [-0.1, -0.05) is 35.0 Å². The Morgan fingerprint density at radius 2 is 2.00 bits per heavy atom. The Hall–Kier alpha value is -1.36. The molecule has 0 radical (unpaired) electrons. The maximum atomic E-state index is 12.5. The summed E-state index contributed by atoms with van der Waals surface area (Å²) < 4.78 is 1.01. The molecule has 2 rings (SSSR count). The van der Waals surface area contributed by atoms with Gasteiger partial charge in [-0.2, -0.15) is 0 Å². The lowest BCUT2D eigenvalue weighted by Crippen LogP contribution is -2.45. The van der Waals surface area contributed by atoms with Crippen molar-refractivity contribution in [2.24, 2.45) is 0 Å². The summed E-state index contributed by atoms with van der Waals surface area (Å²) in [6.07, 6.45) is 0.983. The molecule has 1 aliphatic heterocycles. The van der Waals surface area contributed by atoms with Crippen molar-refractivity contribution in [3.05, 3.63) is 34.3 Å². The van der Waals surface area contributed by atoms with Crippen molar-refractivity contribution >= 4 is 27.7 Å². The Morgan fingerprint density at radius 1 is 1.35 bits per heavy atom. The molecule has 0 bridgehead atoms. The number of hydrogen-bond donors (Lipinski definition) is 1. The molecule has 2 amide bonds.